The van der Waals surface area contributed by atoms with E-state index < -0.39 is 0 Å². The molecule has 0 bridgehead atoms. The van der Waals surface area contributed by atoms with E-state index in [1.54, 1.807) is 18.2 Å². The summed E-state index contributed by atoms with van der Waals surface area (Å²) < 4.78 is 0.735. The molecule has 1 amide bonds. The van der Waals surface area contributed by atoms with Gasteiger partial charge in [0.25, 0.3) is 5.91 Å². The highest BCUT2D eigenvalue weighted by Crippen LogP contribution is 2.23. The van der Waals surface area contributed by atoms with Crippen molar-refractivity contribution >= 4 is 33.4 Å². The van der Waals surface area contributed by atoms with Crippen LogP contribution in [-0.4, -0.2) is 18.0 Å². The quantitative estimate of drug-likeness (QED) is 0.874. The Labute approximate surface area is 101 Å². The molecule has 3 nitrogen and oxygen atoms in total. The Balaban J connectivity index is 2.14. The van der Waals surface area contributed by atoms with Gasteiger partial charge in [0.15, 0.2) is 0 Å². The van der Waals surface area contributed by atoms with E-state index in [2.05, 4.69) is 21.2 Å². The third-order valence-corrected chi connectivity index (χ3v) is 3.26. The van der Waals surface area contributed by atoms with Crippen LogP contribution in [0.2, 0.25) is 5.02 Å². The third-order valence-electron chi connectivity index (χ3n) is 2.33. The molecule has 2 unspecified atom stereocenters. The fraction of sp³-hybridized carbons (Fsp3) is 0.300. The third kappa shape index (κ3) is 2.51. The molecule has 0 radical (unpaired) electrons. The van der Waals surface area contributed by atoms with Crippen molar-refractivity contribution in [3.8, 4) is 0 Å². The zero-order valence-electron chi connectivity index (χ0n) is 7.84. The lowest BCUT2D eigenvalue weighted by Crippen LogP contribution is -2.29. The minimum absolute atomic E-state index is 0.104. The molecule has 5 heteroatoms. The molecule has 3 N–H and O–H groups in total. The number of benzene rings is 1. The number of nitrogens with two attached hydrogens (primary N) is 1. The number of amides is 1. The summed E-state index contributed by atoms with van der Waals surface area (Å²) in [7, 11) is 0. The van der Waals surface area contributed by atoms with Crippen LogP contribution in [-0.2, 0) is 0 Å². The van der Waals surface area contributed by atoms with Crippen molar-refractivity contribution in [3.63, 3.8) is 0 Å². The molecule has 1 aromatic carbocycles. The van der Waals surface area contributed by atoms with Crippen molar-refractivity contribution in [2.45, 2.75) is 18.5 Å². The van der Waals surface area contributed by atoms with E-state index in [-0.39, 0.29) is 18.0 Å². The Morgan fingerprint density at radius 3 is 2.87 bits per heavy atom. The average Bonchev–Trinajstić information content (AvgIpc) is 2.86. The molecular formula is C10H10BrClN2O. The Morgan fingerprint density at radius 2 is 2.27 bits per heavy atom. The zero-order valence-corrected chi connectivity index (χ0v) is 10.2. The Bertz CT molecular complexity index is 410. The molecule has 1 saturated carbocycles. The number of halogens is 2. The van der Waals surface area contributed by atoms with Gasteiger partial charge in [-0.3, -0.25) is 4.79 Å². The van der Waals surface area contributed by atoms with Crippen LogP contribution in [0.3, 0.4) is 0 Å². The molecule has 1 fully saturated rings. The predicted molar refractivity (Wildman–Crippen MR) is 63.0 cm³/mol. The lowest BCUT2D eigenvalue weighted by Gasteiger charge is -2.06. The summed E-state index contributed by atoms with van der Waals surface area (Å²) in [6.45, 7) is 0. The summed E-state index contributed by atoms with van der Waals surface area (Å²) >= 11 is 9.12. The van der Waals surface area contributed by atoms with E-state index in [9.17, 15) is 4.79 Å². The van der Waals surface area contributed by atoms with Gasteiger partial charge in [0.2, 0.25) is 0 Å². The lowest BCUT2D eigenvalue weighted by atomic mass is 10.2. The average molecular weight is 290 g/mol. The maximum atomic E-state index is 11.8. The molecule has 1 aliphatic rings. The number of nitrogens with one attached hydrogen (secondary N) is 1. The molecule has 0 saturated heterocycles. The standard InChI is InChI=1S/C10H10BrClN2O/c11-7-2-1-5(12)3-6(7)10(15)14-9-4-8(9)13/h1-3,8-9H,4,13H2,(H,14,15). The smallest absolute Gasteiger partial charge is 0.252 e. The second kappa shape index (κ2) is 4.12. The van der Waals surface area contributed by atoms with E-state index in [1.165, 1.54) is 0 Å². The van der Waals surface area contributed by atoms with Crippen LogP contribution < -0.4 is 11.1 Å². The largest absolute Gasteiger partial charge is 0.348 e. The van der Waals surface area contributed by atoms with Crippen LogP contribution in [0.1, 0.15) is 16.8 Å². The number of hydrogen-bond acceptors (Lipinski definition) is 2. The van der Waals surface area contributed by atoms with Crippen molar-refractivity contribution < 1.29 is 4.79 Å². The fourth-order valence-electron chi connectivity index (χ4n) is 1.30. The second-order valence-electron chi connectivity index (χ2n) is 3.60. The number of hydrogen-bond donors (Lipinski definition) is 2. The molecule has 0 aromatic heterocycles. The highest BCUT2D eigenvalue weighted by atomic mass is 79.9. The first kappa shape index (κ1) is 10.9. The Morgan fingerprint density at radius 1 is 1.60 bits per heavy atom. The van der Waals surface area contributed by atoms with Gasteiger partial charge in [0.1, 0.15) is 0 Å². The molecule has 0 spiro atoms. The molecule has 1 aromatic rings. The predicted octanol–water partition coefficient (Wildman–Crippen LogP) is 1.93. The first-order chi connectivity index (χ1) is 7.08. The van der Waals surface area contributed by atoms with Gasteiger partial charge in [-0.15, -0.1) is 0 Å². The molecule has 15 heavy (non-hydrogen) atoms. The normalized spacial score (nSPS) is 23.7. The monoisotopic (exact) mass is 288 g/mol. The highest BCUT2D eigenvalue weighted by Gasteiger charge is 2.35. The number of rotatable bonds is 2. The maximum absolute atomic E-state index is 11.8. The first-order valence-corrected chi connectivity index (χ1v) is 5.76. The highest BCUT2D eigenvalue weighted by molar-refractivity contribution is 9.10. The summed E-state index contributed by atoms with van der Waals surface area (Å²) in [6, 6.07) is 5.33. The topological polar surface area (TPSA) is 55.1 Å². The van der Waals surface area contributed by atoms with Gasteiger partial charge >= 0.3 is 0 Å². The van der Waals surface area contributed by atoms with Crippen LogP contribution in [0.4, 0.5) is 0 Å². The second-order valence-corrected chi connectivity index (χ2v) is 4.89. The summed E-state index contributed by atoms with van der Waals surface area (Å²) in [5, 5.41) is 3.38. The van der Waals surface area contributed by atoms with Crippen molar-refractivity contribution in [3.05, 3.63) is 33.3 Å². The summed E-state index contributed by atoms with van der Waals surface area (Å²) in [5.74, 6) is -0.137. The Kier molecular flexibility index (Phi) is 3.00. The van der Waals surface area contributed by atoms with Gasteiger partial charge in [-0.25, -0.2) is 0 Å². The van der Waals surface area contributed by atoms with Crippen molar-refractivity contribution in [1.29, 1.82) is 0 Å². The molecule has 0 aliphatic heterocycles. The van der Waals surface area contributed by atoms with Gasteiger partial charge in [-0.1, -0.05) is 11.6 Å². The summed E-state index contributed by atoms with van der Waals surface area (Å²) in [5.41, 5.74) is 6.15. The van der Waals surface area contributed by atoms with Crippen LogP contribution in [0.25, 0.3) is 0 Å². The minimum Gasteiger partial charge on any atom is -0.348 e. The first-order valence-electron chi connectivity index (χ1n) is 4.59. The van der Waals surface area contributed by atoms with E-state index in [0.29, 0.717) is 10.6 Å². The molecule has 2 atom stereocenters. The van der Waals surface area contributed by atoms with Gasteiger partial charge in [-0.2, -0.15) is 0 Å². The van der Waals surface area contributed by atoms with Crippen LogP contribution in [0, 0.1) is 0 Å². The molecule has 80 valence electrons. The molecular weight excluding hydrogens is 279 g/mol. The zero-order chi connectivity index (χ0) is 11.0. The van der Waals surface area contributed by atoms with Crippen molar-refractivity contribution in [1.82, 2.24) is 5.32 Å². The molecule has 1 aliphatic carbocycles. The summed E-state index contributed by atoms with van der Waals surface area (Å²) in [6.07, 6.45) is 0.851. The van der Waals surface area contributed by atoms with Gasteiger partial charge in [-0.05, 0) is 40.5 Å². The fourth-order valence-corrected chi connectivity index (χ4v) is 1.90. The Hall–Kier alpha value is -0.580. The van der Waals surface area contributed by atoms with Crippen LogP contribution in [0.5, 0.6) is 0 Å². The summed E-state index contributed by atoms with van der Waals surface area (Å²) in [4.78, 5) is 11.8. The maximum Gasteiger partial charge on any atom is 0.252 e. The van der Waals surface area contributed by atoms with Gasteiger partial charge in [0.05, 0.1) is 5.56 Å². The van der Waals surface area contributed by atoms with E-state index in [0.717, 1.165) is 10.9 Å². The van der Waals surface area contributed by atoms with Gasteiger partial charge < -0.3 is 11.1 Å². The lowest BCUT2D eigenvalue weighted by molar-refractivity contribution is 0.0949. The SMILES string of the molecule is NC1CC1NC(=O)c1cc(Cl)ccc1Br. The van der Waals surface area contributed by atoms with E-state index in [1.807, 2.05) is 0 Å². The minimum atomic E-state index is -0.137. The number of carbonyl (C=O) groups is 1. The van der Waals surface area contributed by atoms with Crippen molar-refractivity contribution in [2.75, 3.05) is 0 Å². The van der Waals surface area contributed by atoms with Gasteiger partial charge in [0, 0.05) is 21.6 Å². The molecule has 2 rings (SSSR count). The number of carbonyl (C=O) groups excluding carboxylic acids is 1. The van der Waals surface area contributed by atoms with Crippen LogP contribution >= 0.6 is 27.5 Å². The van der Waals surface area contributed by atoms with E-state index >= 15 is 0 Å². The van der Waals surface area contributed by atoms with Crippen LogP contribution in [0.15, 0.2) is 22.7 Å². The molecule has 0 heterocycles. The van der Waals surface area contributed by atoms with E-state index in [4.69, 9.17) is 17.3 Å². The van der Waals surface area contributed by atoms with Crippen molar-refractivity contribution in [2.24, 2.45) is 5.73 Å².